The van der Waals surface area contributed by atoms with Gasteiger partial charge in [-0.05, 0) is 36.6 Å². The van der Waals surface area contributed by atoms with E-state index in [1.54, 1.807) is 7.11 Å². The van der Waals surface area contributed by atoms with Gasteiger partial charge in [0.2, 0.25) is 11.8 Å². The van der Waals surface area contributed by atoms with Gasteiger partial charge in [-0.15, -0.1) is 0 Å². The average Bonchev–Trinajstić information content (AvgIpc) is 2.86. The van der Waals surface area contributed by atoms with Crippen molar-refractivity contribution in [2.45, 2.75) is 45.2 Å². The molecule has 0 saturated carbocycles. The van der Waals surface area contributed by atoms with Crippen LogP contribution in [-0.2, 0) is 16.1 Å². The van der Waals surface area contributed by atoms with Crippen LogP contribution >= 0.6 is 0 Å². The van der Waals surface area contributed by atoms with Crippen LogP contribution in [0.15, 0.2) is 42.5 Å². The first-order chi connectivity index (χ1) is 16.1. The lowest BCUT2D eigenvalue weighted by molar-refractivity contribution is -0.143. The summed E-state index contributed by atoms with van der Waals surface area (Å²) in [6.45, 7) is 4.18. The highest BCUT2D eigenvalue weighted by Gasteiger charge is 2.41. The second-order valence-electron chi connectivity index (χ2n) is 8.47. The molecule has 2 atom stereocenters. The Balaban J connectivity index is 1.55. The molecule has 7 nitrogen and oxygen atoms in total. The molecule has 2 aromatic rings. The van der Waals surface area contributed by atoms with Gasteiger partial charge < -0.3 is 24.4 Å². The van der Waals surface area contributed by atoms with E-state index >= 15 is 0 Å². The molecule has 1 N–H and O–H groups in total. The molecule has 176 valence electrons. The fraction of sp³-hybridized carbons (Fsp3) is 0.462. The van der Waals surface area contributed by atoms with E-state index in [9.17, 15) is 9.59 Å². The van der Waals surface area contributed by atoms with Gasteiger partial charge in [-0.2, -0.15) is 0 Å². The minimum Gasteiger partial charge on any atom is -0.496 e. The summed E-state index contributed by atoms with van der Waals surface area (Å²) < 4.78 is 16.8. The van der Waals surface area contributed by atoms with Crippen molar-refractivity contribution >= 4 is 11.8 Å². The summed E-state index contributed by atoms with van der Waals surface area (Å²) in [6.07, 6.45) is 2.75. The van der Waals surface area contributed by atoms with E-state index in [1.807, 2.05) is 47.4 Å². The Morgan fingerprint density at radius 3 is 2.73 bits per heavy atom. The zero-order valence-corrected chi connectivity index (χ0v) is 19.3. The predicted molar refractivity (Wildman–Crippen MR) is 124 cm³/mol. The lowest BCUT2D eigenvalue weighted by Gasteiger charge is -2.41. The summed E-state index contributed by atoms with van der Waals surface area (Å²) in [5.74, 6) is 1.81. The SMILES string of the molecule is CCCCN1C(=O)CCC(C(=O)NCc2ccc3c(c2)OCCO3)C1c1ccccc1OC. The van der Waals surface area contributed by atoms with Crippen molar-refractivity contribution in [2.75, 3.05) is 26.9 Å². The standard InChI is InChI=1S/C26H32N2O5/c1-3-4-13-28-24(29)12-10-20(25(28)19-7-5-6-8-21(19)31-2)26(30)27-17-18-9-11-22-23(16-18)33-15-14-32-22/h5-9,11,16,20,25H,3-4,10,12-15,17H2,1-2H3,(H,27,30). The number of ether oxygens (including phenoxy) is 3. The van der Waals surface area contributed by atoms with E-state index in [1.165, 1.54) is 0 Å². The topological polar surface area (TPSA) is 77.1 Å². The normalized spacial score (nSPS) is 19.8. The molecular weight excluding hydrogens is 420 g/mol. The molecule has 0 aliphatic carbocycles. The zero-order valence-electron chi connectivity index (χ0n) is 19.3. The predicted octanol–water partition coefficient (Wildman–Crippen LogP) is 3.86. The highest BCUT2D eigenvalue weighted by atomic mass is 16.6. The minimum atomic E-state index is -0.354. The van der Waals surface area contributed by atoms with Gasteiger partial charge in [0.1, 0.15) is 19.0 Å². The summed E-state index contributed by atoms with van der Waals surface area (Å²) in [7, 11) is 1.62. The van der Waals surface area contributed by atoms with Crippen LogP contribution in [0, 0.1) is 5.92 Å². The number of likely N-dealkylation sites (tertiary alicyclic amines) is 1. The number of hydrogen-bond acceptors (Lipinski definition) is 5. The van der Waals surface area contributed by atoms with E-state index in [-0.39, 0.29) is 23.8 Å². The number of fused-ring (bicyclic) bond motifs is 1. The van der Waals surface area contributed by atoms with E-state index < -0.39 is 0 Å². The van der Waals surface area contributed by atoms with Crippen LogP contribution in [0.2, 0.25) is 0 Å². The quantitative estimate of drug-likeness (QED) is 0.658. The molecule has 7 heteroatoms. The van der Waals surface area contributed by atoms with Gasteiger partial charge in [-0.3, -0.25) is 9.59 Å². The third-order valence-electron chi connectivity index (χ3n) is 6.33. The Bertz CT molecular complexity index is 992. The van der Waals surface area contributed by atoms with Crippen LogP contribution in [0.4, 0.5) is 0 Å². The van der Waals surface area contributed by atoms with Gasteiger partial charge in [-0.1, -0.05) is 37.6 Å². The van der Waals surface area contributed by atoms with E-state index in [0.29, 0.717) is 50.6 Å². The van der Waals surface area contributed by atoms with E-state index in [4.69, 9.17) is 14.2 Å². The van der Waals surface area contributed by atoms with E-state index in [2.05, 4.69) is 12.2 Å². The minimum absolute atomic E-state index is 0.0604. The molecule has 0 bridgehead atoms. The smallest absolute Gasteiger partial charge is 0.225 e. The first-order valence-electron chi connectivity index (χ1n) is 11.7. The molecule has 0 aromatic heterocycles. The van der Waals surface area contributed by atoms with Crippen LogP contribution in [0.3, 0.4) is 0 Å². The van der Waals surface area contributed by atoms with E-state index in [0.717, 1.165) is 29.7 Å². The van der Waals surface area contributed by atoms with Crippen molar-refractivity contribution in [3.8, 4) is 17.2 Å². The molecular formula is C26H32N2O5. The number of piperidine rings is 1. The fourth-order valence-corrected chi connectivity index (χ4v) is 4.63. The Labute approximate surface area is 195 Å². The summed E-state index contributed by atoms with van der Waals surface area (Å²) in [4.78, 5) is 28.2. The maximum Gasteiger partial charge on any atom is 0.225 e. The summed E-state index contributed by atoms with van der Waals surface area (Å²) in [5.41, 5.74) is 1.82. The highest BCUT2D eigenvalue weighted by Crippen LogP contribution is 2.41. The second-order valence-corrected chi connectivity index (χ2v) is 8.47. The number of amides is 2. The van der Waals surface area contributed by atoms with Crippen molar-refractivity contribution in [1.82, 2.24) is 10.2 Å². The number of nitrogens with zero attached hydrogens (tertiary/aromatic N) is 1. The van der Waals surface area contributed by atoms with Gasteiger partial charge in [0.15, 0.2) is 11.5 Å². The number of para-hydroxylation sites is 1. The van der Waals surface area contributed by atoms with Gasteiger partial charge in [0.05, 0.1) is 19.1 Å². The molecule has 2 heterocycles. The van der Waals surface area contributed by atoms with Crippen LogP contribution in [0.25, 0.3) is 0 Å². The lowest BCUT2D eigenvalue weighted by atomic mass is 9.83. The maximum atomic E-state index is 13.4. The zero-order chi connectivity index (χ0) is 23.2. The van der Waals surface area contributed by atoms with Crippen LogP contribution in [0.5, 0.6) is 17.2 Å². The number of rotatable bonds is 8. The third-order valence-corrected chi connectivity index (χ3v) is 6.33. The van der Waals surface area contributed by atoms with Crippen LogP contribution in [0.1, 0.15) is 49.8 Å². The Kier molecular flexibility index (Phi) is 7.37. The number of unbranched alkanes of at least 4 members (excludes halogenated alkanes) is 1. The largest absolute Gasteiger partial charge is 0.496 e. The maximum absolute atomic E-state index is 13.4. The summed E-state index contributed by atoms with van der Waals surface area (Å²) in [5, 5.41) is 3.09. The molecule has 1 saturated heterocycles. The number of carbonyl (C=O) groups is 2. The number of nitrogens with one attached hydrogen (secondary N) is 1. The van der Waals surface area contributed by atoms with Crippen molar-refractivity contribution < 1.29 is 23.8 Å². The van der Waals surface area contributed by atoms with Gasteiger partial charge in [-0.25, -0.2) is 0 Å². The number of benzene rings is 2. The first-order valence-corrected chi connectivity index (χ1v) is 11.7. The molecule has 0 radical (unpaired) electrons. The summed E-state index contributed by atoms with van der Waals surface area (Å²) in [6, 6.07) is 13.0. The van der Waals surface area contributed by atoms with Crippen LogP contribution < -0.4 is 19.5 Å². The first kappa shape index (κ1) is 23.0. The molecule has 2 amide bonds. The number of carbonyl (C=O) groups excluding carboxylic acids is 2. The van der Waals surface area contributed by atoms with Crippen molar-refractivity contribution in [2.24, 2.45) is 5.92 Å². The van der Waals surface area contributed by atoms with Crippen LogP contribution in [-0.4, -0.2) is 43.6 Å². The molecule has 2 aliphatic rings. The monoisotopic (exact) mass is 452 g/mol. The molecule has 2 aromatic carbocycles. The van der Waals surface area contributed by atoms with Gasteiger partial charge >= 0.3 is 0 Å². The van der Waals surface area contributed by atoms with Crippen molar-refractivity contribution in [1.29, 1.82) is 0 Å². The Morgan fingerprint density at radius 2 is 1.94 bits per heavy atom. The Morgan fingerprint density at radius 1 is 1.15 bits per heavy atom. The third kappa shape index (κ3) is 5.07. The molecule has 33 heavy (non-hydrogen) atoms. The highest BCUT2D eigenvalue weighted by molar-refractivity contribution is 5.85. The molecule has 1 fully saturated rings. The summed E-state index contributed by atoms with van der Waals surface area (Å²) >= 11 is 0. The van der Waals surface area contributed by atoms with Gasteiger partial charge in [0, 0.05) is 25.1 Å². The number of hydrogen-bond donors (Lipinski definition) is 1. The molecule has 2 unspecified atom stereocenters. The molecule has 2 aliphatic heterocycles. The molecule has 0 spiro atoms. The van der Waals surface area contributed by atoms with Gasteiger partial charge in [0.25, 0.3) is 0 Å². The molecule has 4 rings (SSSR count). The van der Waals surface area contributed by atoms with Crippen molar-refractivity contribution in [3.05, 3.63) is 53.6 Å². The average molecular weight is 453 g/mol. The van der Waals surface area contributed by atoms with Crippen molar-refractivity contribution in [3.63, 3.8) is 0 Å². The Hall–Kier alpha value is -3.22. The fourth-order valence-electron chi connectivity index (χ4n) is 4.63. The second kappa shape index (κ2) is 10.6. The number of methoxy groups -OCH3 is 1. The lowest BCUT2D eigenvalue weighted by Crippen LogP contribution is -2.48.